The van der Waals surface area contributed by atoms with Gasteiger partial charge in [0.2, 0.25) is 0 Å². The second-order valence-corrected chi connectivity index (χ2v) is 2.43. The molecule has 10 heavy (non-hydrogen) atoms. The zero-order valence-corrected chi connectivity index (χ0v) is 7.01. The van der Waals surface area contributed by atoms with Gasteiger partial charge in [0.05, 0.1) is 6.10 Å². The summed E-state index contributed by atoms with van der Waals surface area (Å²) in [6.45, 7) is 4.02. The lowest BCUT2D eigenvalue weighted by atomic mass is 10.1. The van der Waals surface area contributed by atoms with Crippen molar-refractivity contribution in [1.82, 2.24) is 6.15 Å². The van der Waals surface area contributed by atoms with Crippen molar-refractivity contribution >= 4 is 0 Å². The summed E-state index contributed by atoms with van der Waals surface area (Å²) in [5.41, 5.74) is 5.59. The Hall–Kier alpha value is -0.120. The molecule has 0 aliphatic rings. The van der Waals surface area contributed by atoms with Gasteiger partial charge in [-0.25, -0.2) is 0 Å². The lowest BCUT2D eigenvalue weighted by Crippen LogP contribution is -2.33. The average Bonchev–Trinajstić information content (AvgIpc) is 1.87. The van der Waals surface area contributed by atoms with E-state index in [2.05, 4.69) is 6.92 Å². The summed E-state index contributed by atoms with van der Waals surface area (Å²) in [7, 11) is 0. The SMILES string of the molecule is CCCC(N)C(O)CC.N. The summed E-state index contributed by atoms with van der Waals surface area (Å²) < 4.78 is 0. The summed E-state index contributed by atoms with van der Waals surface area (Å²) in [6, 6.07) is -0.0139. The van der Waals surface area contributed by atoms with Gasteiger partial charge in [-0.3, -0.25) is 0 Å². The van der Waals surface area contributed by atoms with Gasteiger partial charge in [0.25, 0.3) is 0 Å². The lowest BCUT2D eigenvalue weighted by Gasteiger charge is -2.15. The van der Waals surface area contributed by atoms with Crippen LogP contribution in [-0.4, -0.2) is 17.3 Å². The molecular weight excluding hydrogens is 128 g/mol. The molecule has 6 N–H and O–H groups in total. The van der Waals surface area contributed by atoms with Crippen LogP contribution in [0.3, 0.4) is 0 Å². The summed E-state index contributed by atoms with van der Waals surface area (Å²) in [5, 5.41) is 9.13. The monoisotopic (exact) mass is 148 g/mol. The lowest BCUT2D eigenvalue weighted by molar-refractivity contribution is 0.136. The minimum absolute atomic E-state index is 0. The van der Waals surface area contributed by atoms with Gasteiger partial charge in [-0.05, 0) is 12.8 Å². The molecule has 0 aromatic rings. The highest BCUT2D eigenvalue weighted by molar-refractivity contribution is 4.68. The molecule has 3 heteroatoms. The Morgan fingerprint density at radius 2 is 1.90 bits per heavy atom. The van der Waals surface area contributed by atoms with Crippen molar-refractivity contribution in [3.63, 3.8) is 0 Å². The van der Waals surface area contributed by atoms with Gasteiger partial charge < -0.3 is 17.0 Å². The van der Waals surface area contributed by atoms with E-state index < -0.39 is 0 Å². The minimum Gasteiger partial charge on any atom is -0.392 e. The Bertz CT molecular complexity index is 68.6. The zero-order chi connectivity index (χ0) is 7.28. The zero-order valence-electron chi connectivity index (χ0n) is 7.01. The van der Waals surface area contributed by atoms with Crippen LogP contribution in [0.5, 0.6) is 0 Å². The molecular formula is C7H20N2O. The Morgan fingerprint density at radius 3 is 2.20 bits per heavy atom. The van der Waals surface area contributed by atoms with Crippen LogP contribution in [0.2, 0.25) is 0 Å². The summed E-state index contributed by atoms with van der Waals surface area (Å²) >= 11 is 0. The van der Waals surface area contributed by atoms with Gasteiger partial charge in [-0.2, -0.15) is 0 Å². The molecule has 0 saturated heterocycles. The fraction of sp³-hybridized carbons (Fsp3) is 1.00. The highest BCUT2D eigenvalue weighted by atomic mass is 16.3. The molecule has 0 heterocycles. The van der Waals surface area contributed by atoms with E-state index in [-0.39, 0.29) is 18.3 Å². The third-order valence-electron chi connectivity index (χ3n) is 1.53. The Balaban J connectivity index is 0. The van der Waals surface area contributed by atoms with E-state index in [4.69, 9.17) is 10.8 Å². The topological polar surface area (TPSA) is 81.2 Å². The van der Waals surface area contributed by atoms with Gasteiger partial charge in [-0.1, -0.05) is 20.3 Å². The standard InChI is InChI=1S/C7H17NO.H3N/c1-3-5-6(8)7(9)4-2;/h6-7,9H,3-5,8H2,1-2H3;1H3. The van der Waals surface area contributed by atoms with Crippen molar-refractivity contribution in [1.29, 1.82) is 0 Å². The maximum absolute atomic E-state index is 9.13. The van der Waals surface area contributed by atoms with E-state index in [9.17, 15) is 0 Å². The summed E-state index contributed by atoms with van der Waals surface area (Å²) in [4.78, 5) is 0. The number of aliphatic hydroxyl groups excluding tert-OH is 1. The molecule has 0 radical (unpaired) electrons. The normalized spacial score (nSPS) is 15.6. The van der Waals surface area contributed by atoms with Crippen LogP contribution in [-0.2, 0) is 0 Å². The molecule has 0 aromatic heterocycles. The summed E-state index contributed by atoms with van der Waals surface area (Å²) in [5.74, 6) is 0. The third kappa shape index (κ3) is 4.73. The molecule has 0 aliphatic carbocycles. The highest BCUT2D eigenvalue weighted by Gasteiger charge is 2.09. The minimum atomic E-state index is -0.301. The van der Waals surface area contributed by atoms with Crippen LogP contribution in [0.1, 0.15) is 33.1 Å². The van der Waals surface area contributed by atoms with Crippen molar-refractivity contribution in [3.05, 3.63) is 0 Å². The van der Waals surface area contributed by atoms with Gasteiger partial charge in [0.15, 0.2) is 0 Å². The van der Waals surface area contributed by atoms with E-state index in [0.29, 0.717) is 0 Å². The predicted octanol–water partition coefficient (Wildman–Crippen LogP) is 1.05. The predicted molar refractivity (Wildman–Crippen MR) is 44.2 cm³/mol. The first kappa shape index (κ1) is 12.5. The van der Waals surface area contributed by atoms with Gasteiger partial charge in [-0.15, -0.1) is 0 Å². The van der Waals surface area contributed by atoms with Crippen molar-refractivity contribution in [2.24, 2.45) is 5.73 Å². The Morgan fingerprint density at radius 1 is 1.40 bits per heavy atom. The molecule has 0 fully saturated rings. The van der Waals surface area contributed by atoms with E-state index in [1.165, 1.54) is 0 Å². The van der Waals surface area contributed by atoms with E-state index >= 15 is 0 Å². The van der Waals surface area contributed by atoms with Crippen molar-refractivity contribution in [2.45, 2.75) is 45.3 Å². The molecule has 3 nitrogen and oxygen atoms in total. The Kier molecular flexibility index (Phi) is 8.77. The third-order valence-corrected chi connectivity index (χ3v) is 1.53. The van der Waals surface area contributed by atoms with E-state index in [1.54, 1.807) is 0 Å². The highest BCUT2D eigenvalue weighted by Crippen LogP contribution is 2.01. The largest absolute Gasteiger partial charge is 0.392 e. The molecule has 2 unspecified atom stereocenters. The van der Waals surface area contributed by atoms with Gasteiger partial charge >= 0.3 is 0 Å². The number of hydrogen-bond acceptors (Lipinski definition) is 3. The van der Waals surface area contributed by atoms with Crippen molar-refractivity contribution < 1.29 is 5.11 Å². The van der Waals surface area contributed by atoms with Crippen molar-refractivity contribution in [2.75, 3.05) is 0 Å². The fourth-order valence-corrected chi connectivity index (χ4v) is 0.828. The van der Waals surface area contributed by atoms with E-state index in [0.717, 1.165) is 19.3 Å². The molecule has 0 amide bonds. The smallest absolute Gasteiger partial charge is 0.0688 e. The van der Waals surface area contributed by atoms with Crippen LogP contribution < -0.4 is 11.9 Å². The number of hydrogen-bond donors (Lipinski definition) is 3. The Labute approximate surface area is 63.2 Å². The second-order valence-electron chi connectivity index (χ2n) is 2.43. The van der Waals surface area contributed by atoms with Crippen LogP contribution >= 0.6 is 0 Å². The maximum atomic E-state index is 9.13. The molecule has 0 bridgehead atoms. The molecule has 0 spiro atoms. The van der Waals surface area contributed by atoms with Crippen LogP contribution in [0.4, 0.5) is 0 Å². The van der Waals surface area contributed by atoms with Crippen LogP contribution in [0, 0.1) is 0 Å². The first-order valence-electron chi connectivity index (χ1n) is 3.66. The quantitative estimate of drug-likeness (QED) is 0.557. The maximum Gasteiger partial charge on any atom is 0.0688 e. The molecule has 0 aliphatic heterocycles. The number of aliphatic hydroxyl groups is 1. The van der Waals surface area contributed by atoms with Gasteiger partial charge in [0, 0.05) is 6.04 Å². The molecule has 0 aromatic carbocycles. The number of nitrogens with two attached hydrogens (primary N) is 1. The van der Waals surface area contributed by atoms with E-state index in [1.807, 2.05) is 6.92 Å². The van der Waals surface area contributed by atoms with Gasteiger partial charge in [0.1, 0.15) is 0 Å². The van der Waals surface area contributed by atoms with Crippen LogP contribution in [0.25, 0.3) is 0 Å². The molecule has 64 valence electrons. The average molecular weight is 148 g/mol. The molecule has 0 rings (SSSR count). The molecule has 0 saturated carbocycles. The van der Waals surface area contributed by atoms with Crippen molar-refractivity contribution in [3.8, 4) is 0 Å². The molecule has 2 atom stereocenters. The summed E-state index contributed by atoms with van der Waals surface area (Å²) in [6.07, 6.45) is 2.44. The first-order valence-corrected chi connectivity index (χ1v) is 3.66. The first-order chi connectivity index (χ1) is 4.22. The second kappa shape index (κ2) is 6.99. The van der Waals surface area contributed by atoms with Crippen LogP contribution in [0.15, 0.2) is 0 Å². The number of rotatable bonds is 4. The fourth-order valence-electron chi connectivity index (χ4n) is 0.828.